The molecular formula is C42H55N7O6S2. The van der Waals surface area contributed by atoms with E-state index in [0.717, 1.165) is 51.1 Å². The normalized spacial score (nSPS) is 18.4. The number of sulfonamides is 2. The van der Waals surface area contributed by atoms with Crippen LogP contribution < -0.4 is 14.8 Å². The maximum Gasteiger partial charge on any atom is 0.316 e. The van der Waals surface area contributed by atoms with Crippen LogP contribution in [0, 0.1) is 13.8 Å². The van der Waals surface area contributed by atoms with E-state index in [4.69, 9.17) is 9.47 Å². The van der Waals surface area contributed by atoms with Crippen molar-refractivity contribution in [1.29, 1.82) is 0 Å². The molecule has 0 aliphatic carbocycles. The predicted molar refractivity (Wildman–Crippen MR) is 221 cm³/mol. The van der Waals surface area contributed by atoms with Crippen LogP contribution in [0.3, 0.4) is 0 Å². The lowest BCUT2D eigenvalue weighted by Crippen LogP contribution is -2.56. The molecule has 0 amide bonds. The van der Waals surface area contributed by atoms with Gasteiger partial charge in [-0.3, -0.25) is 4.90 Å². The molecule has 15 heteroatoms. The second kappa shape index (κ2) is 17.0. The highest BCUT2D eigenvalue weighted by molar-refractivity contribution is 7.89. The largest absolute Gasteiger partial charge is 0.497 e. The average Bonchev–Trinajstić information content (AvgIpc) is 3.73. The van der Waals surface area contributed by atoms with E-state index in [1.807, 2.05) is 6.07 Å². The SMILES string of the molecule is COc1cc(C)c(S(=O)(=O)N2CC(Oc3nccc(Cc4cccc(S(=O)(=O)N(C)C)c4NCCN4CCC(c5ccccc5)(N5CCCC5)CC4)n3)C2)c(C)c1. The van der Waals surface area contributed by atoms with Crippen molar-refractivity contribution in [3.05, 3.63) is 101 Å². The summed E-state index contributed by atoms with van der Waals surface area (Å²) in [5, 5.41) is 3.53. The summed E-state index contributed by atoms with van der Waals surface area (Å²) >= 11 is 0. The standard InChI is InChI=1S/C42H55N7O6S2/c1-31-26-36(54-5)27-32(2)40(31)57(52,53)49-29-37(30-49)55-41-44-19-16-35(45-41)28-33-12-11-15-38(56(50,51)46(3)4)39(33)43-20-25-47-23-17-42(18-24-47,48-21-9-10-22-48)34-13-7-6-8-14-34/h6-8,11-16,19,26-27,37,43H,9-10,17-18,20-25,28-30H2,1-5H3. The number of ether oxygens (including phenoxy) is 2. The van der Waals surface area contributed by atoms with Crippen molar-refractivity contribution in [1.82, 2.24) is 28.4 Å². The maximum atomic E-state index is 13.6. The molecule has 13 nitrogen and oxygen atoms in total. The fraction of sp³-hybridized carbons (Fsp3) is 0.476. The summed E-state index contributed by atoms with van der Waals surface area (Å²) in [6.07, 6.45) is 6.14. The fourth-order valence-electron chi connectivity index (χ4n) is 8.61. The minimum atomic E-state index is -3.77. The highest BCUT2D eigenvalue weighted by atomic mass is 32.2. The topological polar surface area (TPSA) is 138 Å². The molecule has 0 radical (unpaired) electrons. The molecule has 1 aromatic heterocycles. The summed E-state index contributed by atoms with van der Waals surface area (Å²) in [5.41, 5.74) is 4.70. The average molecular weight is 818 g/mol. The molecule has 3 aliphatic rings. The van der Waals surface area contributed by atoms with Crippen molar-refractivity contribution in [3.63, 3.8) is 0 Å². The molecule has 7 rings (SSSR count). The second-order valence-electron chi connectivity index (χ2n) is 15.6. The van der Waals surface area contributed by atoms with Crippen molar-refractivity contribution in [2.75, 3.05) is 78.9 Å². The van der Waals surface area contributed by atoms with Gasteiger partial charge in [-0.05, 0) is 99.1 Å². The Hall–Kier alpha value is -4.12. The van der Waals surface area contributed by atoms with Gasteiger partial charge in [0.05, 0.1) is 36.5 Å². The third-order valence-electron chi connectivity index (χ3n) is 11.7. The van der Waals surface area contributed by atoms with E-state index >= 15 is 0 Å². The zero-order valence-electron chi connectivity index (χ0n) is 33.6. The van der Waals surface area contributed by atoms with Gasteiger partial charge in [-0.25, -0.2) is 26.1 Å². The number of hydrogen-bond donors (Lipinski definition) is 1. The van der Waals surface area contributed by atoms with Gasteiger partial charge in [-0.15, -0.1) is 0 Å². The predicted octanol–water partition coefficient (Wildman–Crippen LogP) is 4.89. The highest BCUT2D eigenvalue weighted by Crippen LogP contribution is 2.41. The highest BCUT2D eigenvalue weighted by Gasteiger charge is 2.42. The minimum absolute atomic E-state index is 0.0621. The molecule has 0 saturated carbocycles. The summed E-state index contributed by atoms with van der Waals surface area (Å²) < 4.78 is 68.2. The van der Waals surface area contributed by atoms with E-state index in [1.54, 1.807) is 71.6 Å². The monoisotopic (exact) mass is 817 g/mol. The molecular weight excluding hydrogens is 763 g/mol. The molecule has 3 fully saturated rings. The molecule has 1 N–H and O–H groups in total. The Morgan fingerprint density at radius 1 is 0.895 bits per heavy atom. The Labute approximate surface area is 338 Å². The van der Waals surface area contributed by atoms with Crippen LogP contribution in [0.4, 0.5) is 5.69 Å². The van der Waals surface area contributed by atoms with Gasteiger partial charge in [0, 0.05) is 58.4 Å². The van der Waals surface area contributed by atoms with Crippen LogP contribution in [0.5, 0.6) is 11.8 Å². The lowest BCUT2D eigenvalue weighted by atomic mass is 9.79. The Morgan fingerprint density at radius 2 is 1.58 bits per heavy atom. The lowest BCUT2D eigenvalue weighted by Gasteiger charge is -2.48. The van der Waals surface area contributed by atoms with Crippen LogP contribution in [0.25, 0.3) is 0 Å². The van der Waals surface area contributed by atoms with E-state index in [2.05, 4.69) is 55.4 Å². The summed E-state index contributed by atoms with van der Waals surface area (Å²) in [4.78, 5) is 14.6. The maximum absolute atomic E-state index is 13.6. The summed E-state index contributed by atoms with van der Waals surface area (Å²) in [6, 6.07) is 21.7. The van der Waals surface area contributed by atoms with E-state index in [9.17, 15) is 16.8 Å². The summed E-state index contributed by atoms with van der Waals surface area (Å²) in [7, 11) is -2.86. The molecule has 3 aromatic carbocycles. The van der Waals surface area contributed by atoms with Gasteiger partial charge >= 0.3 is 6.01 Å². The van der Waals surface area contributed by atoms with Gasteiger partial charge < -0.3 is 19.7 Å². The molecule has 4 heterocycles. The Morgan fingerprint density at radius 3 is 2.23 bits per heavy atom. The van der Waals surface area contributed by atoms with Crippen LogP contribution in [-0.4, -0.2) is 125 Å². The fourth-order valence-corrected chi connectivity index (χ4v) is 11.6. The first-order valence-electron chi connectivity index (χ1n) is 19.8. The molecule has 0 spiro atoms. The number of methoxy groups -OCH3 is 1. The number of rotatable bonds is 15. The van der Waals surface area contributed by atoms with E-state index < -0.39 is 26.2 Å². The van der Waals surface area contributed by atoms with Crippen molar-refractivity contribution in [3.8, 4) is 11.8 Å². The third kappa shape index (κ3) is 8.55. The van der Waals surface area contributed by atoms with Gasteiger partial charge in [0.25, 0.3) is 0 Å². The zero-order valence-corrected chi connectivity index (χ0v) is 35.3. The van der Waals surface area contributed by atoms with E-state index in [-0.39, 0.29) is 34.4 Å². The molecule has 0 bridgehead atoms. The van der Waals surface area contributed by atoms with E-state index in [1.165, 1.54) is 27.0 Å². The number of aryl methyl sites for hydroxylation is 2. The molecule has 3 aliphatic heterocycles. The summed E-state index contributed by atoms with van der Waals surface area (Å²) in [5.74, 6) is 0.611. The molecule has 57 heavy (non-hydrogen) atoms. The Balaban J connectivity index is 1.01. The first-order chi connectivity index (χ1) is 27.3. The molecule has 0 unspecified atom stereocenters. The van der Waals surface area contributed by atoms with Crippen molar-refractivity contribution in [2.24, 2.45) is 0 Å². The van der Waals surface area contributed by atoms with Crippen molar-refractivity contribution in [2.45, 2.75) is 67.4 Å². The number of hydrogen-bond acceptors (Lipinski definition) is 11. The van der Waals surface area contributed by atoms with Crippen LogP contribution >= 0.6 is 0 Å². The van der Waals surface area contributed by atoms with Gasteiger partial charge in [0.2, 0.25) is 20.0 Å². The van der Waals surface area contributed by atoms with E-state index in [0.29, 0.717) is 41.2 Å². The van der Waals surface area contributed by atoms with Crippen LogP contribution in [-0.2, 0) is 32.0 Å². The smallest absolute Gasteiger partial charge is 0.316 e. The quantitative estimate of drug-likeness (QED) is 0.176. The first kappa shape index (κ1) is 41.1. The van der Waals surface area contributed by atoms with Crippen LogP contribution in [0.1, 0.15) is 53.6 Å². The van der Waals surface area contributed by atoms with Gasteiger partial charge in [-0.1, -0.05) is 42.5 Å². The van der Waals surface area contributed by atoms with Gasteiger partial charge in [0.1, 0.15) is 16.7 Å². The molecule has 3 saturated heterocycles. The summed E-state index contributed by atoms with van der Waals surface area (Å²) in [6.45, 7) is 9.43. The van der Waals surface area contributed by atoms with Crippen LogP contribution in [0.15, 0.2) is 82.7 Å². The second-order valence-corrected chi connectivity index (χ2v) is 19.6. The lowest BCUT2D eigenvalue weighted by molar-refractivity contribution is 0.0355. The number of nitrogens with one attached hydrogen (secondary N) is 1. The van der Waals surface area contributed by atoms with Crippen LogP contribution in [0.2, 0.25) is 0 Å². The third-order valence-corrected chi connectivity index (χ3v) is 15.7. The zero-order chi connectivity index (χ0) is 40.4. The number of benzene rings is 3. The Kier molecular flexibility index (Phi) is 12.2. The first-order valence-corrected chi connectivity index (χ1v) is 22.6. The number of para-hydroxylation sites is 1. The van der Waals surface area contributed by atoms with Gasteiger partial charge in [-0.2, -0.15) is 9.29 Å². The molecule has 306 valence electrons. The van der Waals surface area contributed by atoms with Crippen molar-refractivity contribution >= 4 is 25.7 Å². The minimum Gasteiger partial charge on any atom is -0.497 e. The number of piperidine rings is 1. The number of aromatic nitrogens is 2. The van der Waals surface area contributed by atoms with Gasteiger partial charge in [0.15, 0.2) is 0 Å². The van der Waals surface area contributed by atoms with Crippen molar-refractivity contribution < 1.29 is 26.3 Å². The molecule has 4 aromatic rings. The number of nitrogens with zero attached hydrogens (tertiary/aromatic N) is 6. The Bertz CT molecular complexity index is 2230. The number of likely N-dealkylation sites (tertiary alicyclic amines) is 2. The molecule has 0 atom stereocenters. The number of anilines is 1.